The SMILES string of the molecule is CC(C)NCC(Cc1ccc(O)cc1)c1ccc(Br)cc1. The molecular weight excluding hydrogens is 326 g/mol. The van der Waals surface area contributed by atoms with Gasteiger partial charge in [0.2, 0.25) is 0 Å². The Balaban J connectivity index is 2.14. The van der Waals surface area contributed by atoms with Gasteiger partial charge in [0.25, 0.3) is 0 Å². The smallest absolute Gasteiger partial charge is 0.115 e. The topological polar surface area (TPSA) is 32.3 Å². The molecule has 0 heterocycles. The Labute approximate surface area is 135 Å². The van der Waals surface area contributed by atoms with Gasteiger partial charge in [-0.15, -0.1) is 0 Å². The monoisotopic (exact) mass is 347 g/mol. The molecule has 3 heteroatoms. The number of benzene rings is 2. The van der Waals surface area contributed by atoms with E-state index in [-0.39, 0.29) is 0 Å². The van der Waals surface area contributed by atoms with Gasteiger partial charge in [-0.3, -0.25) is 0 Å². The first-order valence-corrected chi connectivity index (χ1v) is 8.10. The van der Waals surface area contributed by atoms with E-state index >= 15 is 0 Å². The lowest BCUT2D eigenvalue weighted by Crippen LogP contribution is -2.28. The molecule has 1 unspecified atom stereocenters. The lowest BCUT2D eigenvalue weighted by atomic mass is 9.91. The Hall–Kier alpha value is -1.32. The van der Waals surface area contributed by atoms with Crippen LogP contribution in [-0.4, -0.2) is 17.7 Å². The summed E-state index contributed by atoms with van der Waals surface area (Å²) in [5, 5.41) is 12.9. The molecule has 0 bridgehead atoms. The van der Waals surface area contributed by atoms with Crippen molar-refractivity contribution in [2.75, 3.05) is 6.54 Å². The summed E-state index contributed by atoms with van der Waals surface area (Å²) >= 11 is 3.49. The van der Waals surface area contributed by atoms with E-state index in [2.05, 4.69) is 59.4 Å². The van der Waals surface area contributed by atoms with Gasteiger partial charge in [0.1, 0.15) is 5.75 Å². The Kier molecular flexibility index (Phi) is 5.83. The fraction of sp³-hybridized carbons (Fsp3) is 0.333. The summed E-state index contributed by atoms with van der Waals surface area (Å²) in [6.45, 7) is 5.28. The minimum atomic E-state index is 0.319. The molecule has 0 aliphatic carbocycles. The molecule has 2 aromatic carbocycles. The Morgan fingerprint density at radius 2 is 1.62 bits per heavy atom. The molecule has 2 rings (SSSR count). The minimum absolute atomic E-state index is 0.319. The van der Waals surface area contributed by atoms with Crippen LogP contribution in [-0.2, 0) is 6.42 Å². The van der Waals surface area contributed by atoms with Crippen LogP contribution in [0.4, 0.5) is 0 Å². The van der Waals surface area contributed by atoms with E-state index in [0.29, 0.717) is 17.7 Å². The van der Waals surface area contributed by atoms with Crippen LogP contribution in [0.15, 0.2) is 53.0 Å². The van der Waals surface area contributed by atoms with Crippen LogP contribution in [0.3, 0.4) is 0 Å². The Morgan fingerprint density at radius 1 is 1.00 bits per heavy atom. The number of hydrogen-bond donors (Lipinski definition) is 2. The van der Waals surface area contributed by atoms with Crippen molar-refractivity contribution in [1.82, 2.24) is 5.32 Å². The summed E-state index contributed by atoms with van der Waals surface area (Å²) in [4.78, 5) is 0. The average Bonchev–Trinajstić information content (AvgIpc) is 2.46. The number of halogens is 1. The van der Waals surface area contributed by atoms with E-state index in [1.54, 1.807) is 12.1 Å². The zero-order valence-electron chi connectivity index (χ0n) is 12.5. The van der Waals surface area contributed by atoms with Crippen LogP contribution in [0.5, 0.6) is 5.75 Å². The standard InChI is InChI=1S/C18H22BrNO/c1-13(2)20-12-16(15-5-7-17(19)8-6-15)11-14-3-9-18(21)10-4-14/h3-10,13,16,20-21H,11-12H2,1-2H3. The van der Waals surface area contributed by atoms with Crippen molar-refractivity contribution in [1.29, 1.82) is 0 Å². The Morgan fingerprint density at radius 3 is 2.19 bits per heavy atom. The zero-order valence-corrected chi connectivity index (χ0v) is 14.1. The van der Waals surface area contributed by atoms with Gasteiger partial charge in [-0.05, 0) is 41.8 Å². The molecule has 0 aromatic heterocycles. The van der Waals surface area contributed by atoms with E-state index in [1.165, 1.54) is 11.1 Å². The number of rotatable bonds is 6. The molecule has 21 heavy (non-hydrogen) atoms. The summed E-state index contributed by atoms with van der Waals surface area (Å²) in [5.41, 5.74) is 2.57. The normalized spacial score (nSPS) is 12.6. The highest BCUT2D eigenvalue weighted by molar-refractivity contribution is 9.10. The third-order valence-electron chi connectivity index (χ3n) is 3.53. The first kappa shape index (κ1) is 16.1. The molecule has 0 spiro atoms. The van der Waals surface area contributed by atoms with Gasteiger partial charge in [-0.2, -0.15) is 0 Å². The molecular formula is C18H22BrNO. The molecule has 0 fully saturated rings. The Bertz CT molecular complexity index is 548. The van der Waals surface area contributed by atoms with Crippen molar-refractivity contribution >= 4 is 15.9 Å². The summed E-state index contributed by atoms with van der Waals surface area (Å²) in [5.74, 6) is 0.740. The maximum absolute atomic E-state index is 9.40. The summed E-state index contributed by atoms with van der Waals surface area (Å²) in [6.07, 6.45) is 0.960. The zero-order chi connectivity index (χ0) is 15.2. The molecule has 2 aromatic rings. The van der Waals surface area contributed by atoms with Crippen molar-refractivity contribution < 1.29 is 5.11 Å². The van der Waals surface area contributed by atoms with Gasteiger partial charge >= 0.3 is 0 Å². The molecule has 2 nitrogen and oxygen atoms in total. The maximum Gasteiger partial charge on any atom is 0.115 e. The first-order chi connectivity index (χ1) is 10.0. The largest absolute Gasteiger partial charge is 0.508 e. The van der Waals surface area contributed by atoms with E-state index in [0.717, 1.165) is 17.4 Å². The van der Waals surface area contributed by atoms with Gasteiger partial charge in [0, 0.05) is 23.0 Å². The van der Waals surface area contributed by atoms with Gasteiger partial charge < -0.3 is 10.4 Å². The molecule has 0 aliphatic heterocycles. The number of nitrogens with one attached hydrogen (secondary N) is 1. The summed E-state index contributed by atoms with van der Waals surface area (Å²) in [6, 6.07) is 16.5. The predicted molar refractivity (Wildman–Crippen MR) is 91.8 cm³/mol. The van der Waals surface area contributed by atoms with Crippen molar-refractivity contribution in [2.45, 2.75) is 32.2 Å². The molecule has 0 amide bonds. The molecule has 112 valence electrons. The van der Waals surface area contributed by atoms with Crippen LogP contribution in [0.25, 0.3) is 0 Å². The highest BCUT2D eigenvalue weighted by Crippen LogP contribution is 2.23. The fourth-order valence-electron chi connectivity index (χ4n) is 2.34. The lowest BCUT2D eigenvalue weighted by molar-refractivity contribution is 0.474. The van der Waals surface area contributed by atoms with Crippen molar-refractivity contribution in [3.8, 4) is 5.75 Å². The van der Waals surface area contributed by atoms with Gasteiger partial charge in [0.05, 0.1) is 0 Å². The van der Waals surface area contributed by atoms with E-state index in [1.807, 2.05) is 12.1 Å². The molecule has 1 atom stereocenters. The second-order valence-electron chi connectivity index (χ2n) is 5.68. The van der Waals surface area contributed by atoms with Gasteiger partial charge in [-0.25, -0.2) is 0 Å². The van der Waals surface area contributed by atoms with Crippen LogP contribution in [0, 0.1) is 0 Å². The lowest BCUT2D eigenvalue weighted by Gasteiger charge is -2.20. The van der Waals surface area contributed by atoms with Crippen LogP contribution < -0.4 is 5.32 Å². The highest BCUT2D eigenvalue weighted by atomic mass is 79.9. The third kappa shape index (κ3) is 5.18. The minimum Gasteiger partial charge on any atom is -0.508 e. The molecule has 0 saturated heterocycles. The molecule has 0 saturated carbocycles. The number of aromatic hydroxyl groups is 1. The second-order valence-corrected chi connectivity index (χ2v) is 6.60. The summed E-state index contributed by atoms with van der Waals surface area (Å²) in [7, 11) is 0. The average molecular weight is 348 g/mol. The number of hydrogen-bond acceptors (Lipinski definition) is 2. The fourth-order valence-corrected chi connectivity index (χ4v) is 2.60. The predicted octanol–water partition coefficient (Wildman–Crippen LogP) is 4.48. The molecule has 2 N–H and O–H groups in total. The van der Waals surface area contributed by atoms with Crippen LogP contribution in [0.1, 0.15) is 30.9 Å². The van der Waals surface area contributed by atoms with Crippen LogP contribution >= 0.6 is 15.9 Å². The van der Waals surface area contributed by atoms with Crippen molar-refractivity contribution in [2.24, 2.45) is 0 Å². The first-order valence-electron chi connectivity index (χ1n) is 7.31. The van der Waals surface area contributed by atoms with Crippen molar-refractivity contribution in [3.05, 3.63) is 64.1 Å². The van der Waals surface area contributed by atoms with Gasteiger partial charge in [0.15, 0.2) is 0 Å². The molecule has 0 radical (unpaired) electrons. The maximum atomic E-state index is 9.40. The highest BCUT2D eigenvalue weighted by Gasteiger charge is 2.13. The van der Waals surface area contributed by atoms with Gasteiger partial charge in [-0.1, -0.05) is 54.0 Å². The number of phenolic OH excluding ortho intramolecular Hbond substituents is 1. The van der Waals surface area contributed by atoms with E-state index in [9.17, 15) is 5.11 Å². The number of phenols is 1. The summed E-state index contributed by atoms with van der Waals surface area (Å²) < 4.78 is 1.10. The van der Waals surface area contributed by atoms with Crippen LogP contribution in [0.2, 0.25) is 0 Å². The van der Waals surface area contributed by atoms with E-state index < -0.39 is 0 Å². The second kappa shape index (κ2) is 7.62. The quantitative estimate of drug-likeness (QED) is 0.807. The third-order valence-corrected chi connectivity index (χ3v) is 4.06. The van der Waals surface area contributed by atoms with Crippen molar-refractivity contribution in [3.63, 3.8) is 0 Å². The van der Waals surface area contributed by atoms with E-state index in [4.69, 9.17) is 0 Å². The molecule has 0 aliphatic rings.